The Balaban J connectivity index is 2.32. The van der Waals surface area contributed by atoms with Gasteiger partial charge in [0.1, 0.15) is 5.75 Å². The van der Waals surface area contributed by atoms with Crippen LogP contribution in [0, 0.1) is 10.1 Å². The van der Waals surface area contributed by atoms with Crippen LogP contribution in [0.5, 0.6) is 5.75 Å². The Kier molecular flexibility index (Phi) is 3.99. The van der Waals surface area contributed by atoms with Gasteiger partial charge in [-0.2, -0.15) is 0 Å². The number of methoxy groups -OCH3 is 1. The summed E-state index contributed by atoms with van der Waals surface area (Å²) in [5.41, 5.74) is 0.841. The van der Waals surface area contributed by atoms with E-state index in [2.05, 4.69) is 4.90 Å². The Labute approximate surface area is 105 Å². The molecule has 1 saturated heterocycles. The maximum atomic E-state index is 10.8. The molecule has 0 atom stereocenters. The van der Waals surface area contributed by atoms with Crippen molar-refractivity contribution in [1.82, 2.24) is 0 Å². The molecule has 0 spiro atoms. The molecular formula is C12H16N2O4. The molecule has 6 nitrogen and oxygen atoms in total. The van der Waals surface area contributed by atoms with Crippen LogP contribution in [0.4, 0.5) is 11.4 Å². The van der Waals surface area contributed by atoms with Crippen LogP contribution in [0.15, 0.2) is 18.2 Å². The van der Waals surface area contributed by atoms with E-state index in [1.807, 2.05) is 0 Å². The van der Waals surface area contributed by atoms with Gasteiger partial charge < -0.3 is 14.4 Å². The minimum Gasteiger partial charge on any atom is -0.495 e. The van der Waals surface area contributed by atoms with Gasteiger partial charge in [0.25, 0.3) is 5.69 Å². The number of ether oxygens (including phenoxy) is 2. The van der Waals surface area contributed by atoms with Gasteiger partial charge in [0.05, 0.1) is 24.3 Å². The van der Waals surface area contributed by atoms with Crippen molar-refractivity contribution in [3.63, 3.8) is 0 Å². The normalized spacial score (nSPS) is 16.2. The summed E-state index contributed by atoms with van der Waals surface area (Å²) in [5.74, 6) is 0.655. The lowest BCUT2D eigenvalue weighted by atomic mass is 10.2. The maximum Gasteiger partial charge on any atom is 0.271 e. The van der Waals surface area contributed by atoms with E-state index in [0.29, 0.717) is 12.4 Å². The number of benzene rings is 1. The third-order valence-electron chi connectivity index (χ3n) is 2.94. The molecule has 98 valence electrons. The van der Waals surface area contributed by atoms with Crippen LogP contribution < -0.4 is 9.64 Å². The van der Waals surface area contributed by atoms with Crippen molar-refractivity contribution < 1.29 is 14.4 Å². The van der Waals surface area contributed by atoms with Crippen LogP contribution in [0.1, 0.15) is 6.42 Å². The molecule has 0 aliphatic carbocycles. The van der Waals surface area contributed by atoms with Gasteiger partial charge in [-0.3, -0.25) is 10.1 Å². The Morgan fingerprint density at radius 1 is 1.39 bits per heavy atom. The zero-order valence-electron chi connectivity index (χ0n) is 10.3. The van der Waals surface area contributed by atoms with Crippen molar-refractivity contribution in [1.29, 1.82) is 0 Å². The number of nitro groups is 1. The van der Waals surface area contributed by atoms with E-state index in [1.165, 1.54) is 6.07 Å². The lowest BCUT2D eigenvalue weighted by molar-refractivity contribution is -0.384. The van der Waals surface area contributed by atoms with Crippen LogP contribution >= 0.6 is 0 Å². The van der Waals surface area contributed by atoms with Crippen LogP contribution in [0.25, 0.3) is 0 Å². The summed E-state index contributed by atoms with van der Waals surface area (Å²) >= 11 is 0. The highest BCUT2D eigenvalue weighted by Crippen LogP contribution is 2.32. The average molecular weight is 252 g/mol. The van der Waals surface area contributed by atoms with E-state index in [0.717, 1.165) is 31.8 Å². The summed E-state index contributed by atoms with van der Waals surface area (Å²) in [6.07, 6.45) is 0.909. The quantitative estimate of drug-likeness (QED) is 0.606. The van der Waals surface area contributed by atoms with Gasteiger partial charge in [0, 0.05) is 31.8 Å². The molecular weight excluding hydrogens is 236 g/mol. The number of anilines is 1. The van der Waals surface area contributed by atoms with Crippen LogP contribution in [-0.4, -0.2) is 38.3 Å². The smallest absolute Gasteiger partial charge is 0.271 e. The zero-order chi connectivity index (χ0) is 13.0. The molecule has 0 N–H and O–H groups in total. The molecule has 1 aromatic rings. The second kappa shape index (κ2) is 5.68. The summed E-state index contributed by atoms with van der Waals surface area (Å²) in [5, 5.41) is 10.8. The molecule has 1 fully saturated rings. The molecule has 18 heavy (non-hydrogen) atoms. The van der Waals surface area contributed by atoms with Crippen LogP contribution in [0.3, 0.4) is 0 Å². The lowest BCUT2D eigenvalue weighted by Crippen LogP contribution is -2.26. The Morgan fingerprint density at radius 2 is 2.22 bits per heavy atom. The van der Waals surface area contributed by atoms with Crippen molar-refractivity contribution in [3.05, 3.63) is 28.3 Å². The Bertz CT molecular complexity index is 428. The molecule has 1 aromatic carbocycles. The van der Waals surface area contributed by atoms with Crippen LogP contribution in [-0.2, 0) is 4.74 Å². The summed E-state index contributed by atoms with van der Waals surface area (Å²) < 4.78 is 10.7. The van der Waals surface area contributed by atoms with Crippen molar-refractivity contribution in [2.24, 2.45) is 0 Å². The Morgan fingerprint density at radius 3 is 2.94 bits per heavy atom. The number of nitro benzene ring substituents is 1. The largest absolute Gasteiger partial charge is 0.495 e. The predicted molar refractivity (Wildman–Crippen MR) is 67.3 cm³/mol. The first-order valence-electron chi connectivity index (χ1n) is 5.87. The summed E-state index contributed by atoms with van der Waals surface area (Å²) in [4.78, 5) is 12.5. The SMILES string of the molecule is COc1ccc([N+](=O)[O-])cc1N1CCCOCC1. The fourth-order valence-corrected chi connectivity index (χ4v) is 2.03. The van der Waals surface area contributed by atoms with Crippen molar-refractivity contribution in [2.45, 2.75) is 6.42 Å². The number of rotatable bonds is 3. The first-order valence-corrected chi connectivity index (χ1v) is 5.87. The molecule has 1 heterocycles. The zero-order valence-corrected chi connectivity index (χ0v) is 10.3. The van der Waals surface area contributed by atoms with E-state index < -0.39 is 4.92 Å². The fraction of sp³-hybridized carbons (Fsp3) is 0.500. The van der Waals surface area contributed by atoms with E-state index in [9.17, 15) is 10.1 Å². The summed E-state index contributed by atoms with van der Waals surface area (Å²) in [7, 11) is 1.57. The topological polar surface area (TPSA) is 64.8 Å². The maximum absolute atomic E-state index is 10.8. The average Bonchev–Trinajstić information content (AvgIpc) is 2.66. The summed E-state index contributed by atoms with van der Waals surface area (Å²) in [6, 6.07) is 4.65. The highest BCUT2D eigenvalue weighted by Gasteiger charge is 2.18. The van der Waals surface area contributed by atoms with Gasteiger partial charge in [-0.05, 0) is 12.5 Å². The highest BCUT2D eigenvalue weighted by molar-refractivity contribution is 5.63. The number of nitrogens with zero attached hydrogens (tertiary/aromatic N) is 2. The molecule has 0 aromatic heterocycles. The van der Waals surface area contributed by atoms with E-state index in [1.54, 1.807) is 19.2 Å². The second-order valence-electron chi connectivity index (χ2n) is 4.07. The molecule has 0 bridgehead atoms. The second-order valence-corrected chi connectivity index (χ2v) is 4.07. The molecule has 1 aliphatic heterocycles. The fourth-order valence-electron chi connectivity index (χ4n) is 2.03. The van der Waals surface area contributed by atoms with Gasteiger partial charge >= 0.3 is 0 Å². The predicted octanol–water partition coefficient (Wildman–Crippen LogP) is 1.83. The molecule has 1 aliphatic rings. The van der Waals surface area contributed by atoms with Crippen molar-refractivity contribution >= 4 is 11.4 Å². The minimum atomic E-state index is -0.392. The third kappa shape index (κ3) is 2.70. The number of non-ortho nitro benzene ring substituents is 1. The molecule has 0 unspecified atom stereocenters. The third-order valence-corrected chi connectivity index (χ3v) is 2.94. The molecule has 0 saturated carbocycles. The molecule has 6 heteroatoms. The number of hydrogen-bond acceptors (Lipinski definition) is 5. The van der Waals surface area contributed by atoms with Gasteiger partial charge in [-0.15, -0.1) is 0 Å². The molecule has 0 amide bonds. The first kappa shape index (κ1) is 12.6. The van der Waals surface area contributed by atoms with Gasteiger partial charge in [-0.25, -0.2) is 0 Å². The Hall–Kier alpha value is -1.82. The van der Waals surface area contributed by atoms with E-state index in [4.69, 9.17) is 9.47 Å². The number of hydrogen-bond donors (Lipinski definition) is 0. The van der Waals surface area contributed by atoms with E-state index >= 15 is 0 Å². The highest BCUT2D eigenvalue weighted by atomic mass is 16.6. The lowest BCUT2D eigenvalue weighted by Gasteiger charge is -2.23. The molecule has 2 rings (SSSR count). The van der Waals surface area contributed by atoms with Crippen molar-refractivity contribution in [2.75, 3.05) is 38.3 Å². The summed E-state index contributed by atoms with van der Waals surface area (Å²) in [6.45, 7) is 2.90. The standard InChI is InChI=1S/C12H16N2O4/c1-17-12-4-3-10(14(15)16)9-11(12)13-5-2-7-18-8-6-13/h3-4,9H,2,5-8H2,1H3. The minimum absolute atomic E-state index is 0.0796. The van der Waals surface area contributed by atoms with Gasteiger partial charge in [0.2, 0.25) is 0 Å². The van der Waals surface area contributed by atoms with Crippen LogP contribution in [0.2, 0.25) is 0 Å². The van der Waals surface area contributed by atoms with Gasteiger partial charge in [-0.1, -0.05) is 0 Å². The van der Waals surface area contributed by atoms with Gasteiger partial charge in [0.15, 0.2) is 0 Å². The molecule has 0 radical (unpaired) electrons. The van der Waals surface area contributed by atoms with Crippen molar-refractivity contribution in [3.8, 4) is 5.75 Å². The monoisotopic (exact) mass is 252 g/mol. The van der Waals surface area contributed by atoms with E-state index in [-0.39, 0.29) is 5.69 Å². The first-order chi connectivity index (χ1) is 8.72.